The molecule has 0 saturated carbocycles. The van der Waals surface area contributed by atoms with E-state index in [1.807, 2.05) is 13.0 Å². The number of hydrogen-bond acceptors (Lipinski definition) is 5. The summed E-state index contributed by atoms with van der Waals surface area (Å²) in [5, 5.41) is 10.4. The molecule has 1 saturated heterocycles. The van der Waals surface area contributed by atoms with Crippen LogP contribution in [0.5, 0.6) is 11.6 Å². The van der Waals surface area contributed by atoms with Gasteiger partial charge in [-0.05, 0) is 37.7 Å². The maximum atomic E-state index is 10.4. The van der Waals surface area contributed by atoms with Crippen LogP contribution in [0.25, 0.3) is 0 Å². The molecule has 5 heteroatoms. The van der Waals surface area contributed by atoms with Gasteiger partial charge in [0, 0.05) is 11.6 Å². The van der Waals surface area contributed by atoms with Crippen LogP contribution in [0.3, 0.4) is 0 Å². The molecule has 27 heavy (non-hydrogen) atoms. The third kappa shape index (κ3) is 5.94. The van der Waals surface area contributed by atoms with E-state index in [2.05, 4.69) is 29.2 Å². The van der Waals surface area contributed by atoms with Gasteiger partial charge in [-0.2, -0.15) is 0 Å². The molecule has 0 bridgehead atoms. The van der Waals surface area contributed by atoms with Crippen LogP contribution in [0.2, 0.25) is 0 Å². The van der Waals surface area contributed by atoms with Gasteiger partial charge in [0.05, 0.1) is 25.5 Å². The van der Waals surface area contributed by atoms with Crippen LogP contribution in [0, 0.1) is 0 Å². The summed E-state index contributed by atoms with van der Waals surface area (Å²) >= 11 is 0. The fourth-order valence-corrected chi connectivity index (χ4v) is 3.33. The van der Waals surface area contributed by atoms with Crippen LogP contribution in [0.4, 0.5) is 0 Å². The molecule has 2 aromatic rings. The average molecular weight is 371 g/mol. The number of nitrogens with zero attached hydrogens (tertiary/aromatic N) is 1. The first-order valence-corrected chi connectivity index (χ1v) is 9.84. The fourth-order valence-electron chi connectivity index (χ4n) is 3.33. The lowest BCUT2D eigenvalue weighted by Crippen LogP contribution is -2.33. The van der Waals surface area contributed by atoms with Crippen LogP contribution >= 0.6 is 0 Å². The van der Waals surface area contributed by atoms with E-state index in [1.54, 1.807) is 6.07 Å². The predicted octanol–water partition coefficient (Wildman–Crippen LogP) is 3.71. The lowest BCUT2D eigenvalue weighted by molar-refractivity contribution is -0.102. The van der Waals surface area contributed by atoms with Crippen LogP contribution in [0.15, 0.2) is 36.4 Å². The molecule has 1 atom stereocenters. The number of benzene rings is 1. The molecule has 2 heterocycles. The van der Waals surface area contributed by atoms with Crippen molar-refractivity contribution in [1.82, 2.24) is 4.98 Å². The summed E-state index contributed by atoms with van der Waals surface area (Å²) < 4.78 is 16.7. The van der Waals surface area contributed by atoms with Gasteiger partial charge in [0.25, 0.3) is 0 Å². The van der Waals surface area contributed by atoms with E-state index in [-0.39, 0.29) is 11.9 Å². The van der Waals surface area contributed by atoms with Gasteiger partial charge >= 0.3 is 0 Å². The average Bonchev–Trinajstić information content (AvgIpc) is 2.71. The molecule has 1 aromatic heterocycles. The van der Waals surface area contributed by atoms with Crippen molar-refractivity contribution in [2.24, 2.45) is 0 Å². The SMILES string of the molecule is CCc1c(O)cc(OC[C@@H]2COCCO2)nc1CCCCc1ccccc1. The first-order valence-electron chi connectivity index (χ1n) is 9.84. The normalized spacial score (nSPS) is 17.0. The third-order valence-corrected chi connectivity index (χ3v) is 4.79. The molecule has 0 radical (unpaired) electrons. The molecule has 0 unspecified atom stereocenters. The first-order chi connectivity index (χ1) is 13.3. The van der Waals surface area contributed by atoms with Crippen molar-refractivity contribution in [2.75, 3.05) is 26.4 Å². The number of aromatic nitrogens is 1. The quantitative estimate of drug-likeness (QED) is 0.681. The van der Waals surface area contributed by atoms with Gasteiger partial charge in [-0.1, -0.05) is 37.3 Å². The van der Waals surface area contributed by atoms with Gasteiger partial charge in [-0.3, -0.25) is 0 Å². The lowest BCUT2D eigenvalue weighted by Gasteiger charge is -2.23. The molecule has 146 valence electrons. The zero-order valence-corrected chi connectivity index (χ0v) is 16.0. The van der Waals surface area contributed by atoms with E-state index in [9.17, 15) is 5.11 Å². The van der Waals surface area contributed by atoms with Gasteiger partial charge in [-0.15, -0.1) is 0 Å². The van der Waals surface area contributed by atoms with Crippen molar-refractivity contribution in [3.05, 3.63) is 53.2 Å². The second-order valence-corrected chi connectivity index (χ2v) is 6.83. The molecule has 1 fully saturated rings. The van der Waals surface area contributed by atoms with Crippen LogP contribution in [-0.2, 0) is 28.7 Å². The summed E-state index contributed by atoms with van der Waals surface area (Å²) in [4.78, 5) is 4.65. The highest BCUT2D eigenvalue weighted by molar-refractivity contribution is 5.39. The van der Waals surface area contributed by atoms with E-state index in [1.165, 1.54) is 5.56 Å². The summed E-state index contributed by atoms with van der Waals surface area (Å²) in [5.74, 6) is 0.721. The Kier molecular flexibility index (Phi) is 7.48. The first kappa shape index (κ1) is 19.6. The molecule has 1 N–H and O–H groups in total. The number of rotatable bonds is 9. The Labute approximate surface area is 161 Å². The summed E-state index contributed by atoms with van der Waals surface area (Å²) in [6.45, 7) is 4.18. The van der Waals surface area contributed by atoms with Crippen molar-refractivity contribution in [3.63, 3.8) is 0 Å². The van der Waals surface area contributed by atoms with Crippen LogP contribution < -0.4 is 4.74 Å². The minimum Gasteiger partial charge on any atom is -0.507 e. The third-order valence-electron chi connectivity index (χ3n) is 4.79. The van der Waals surface area contributed by atoms with Crippen LogP contribution in [0.1, 0.15) is 36.6 Å². The zero-order valence-electron chi connectivity index (χ0n) is 16.0. The Morgan fingerprint density at radius 2 is 1.96 bits per heavy atom. The molecule has 1 aliphatic heterocycles. The van der Waals surface area contributed by atoms with E-state index in [4.69, 9.17) is 14.2 Å². The summed E-state index contributed by atoms with van der Waals surface area (Å²) in [6.07, 6.45) is 4.69. The Bertz CT molecular complexity index is 699. The molecule has 1 aliphatic rings. The minimum absolute atomic E-state index is 0.0807. The van der Waals surface area contributed by atoms with E-state index in [0.717, 1.165) is 43.4 Å². The molecule has 5 nitrogen and oxygen atoms in total. The molecule has 0 spiro atoms. The smallest absolute Gasteiger partial charge is 0.217 e. The van der Waals surface area contributed by atoms with Crippen molar-refractivity contribution in [1.29, 1.82) is 0 Å². The highest BCUT2D eigenvalue weighted by Crippen LogP contribution is 2.27. The maximum Gasteiger partial charge on any atom is 0.217 e. The van der Waals surface area contributed by atoms with Crippen LogP contribution in [-0.4, -0.2) is 42.6 Å². The number of hydrogen-bond donors (Lipinski definition) is 1. The molecular formula is C22H29NO4. The molecule has 0 aliphatic carbocycles. The van der Waals surface area contributed by atoms with Crippen molar-refractivity contribution < 1.29 is 19.3 Å². The molecule has 1 aromatic carbocycles. The second-order valence-electron chi connectivity index (χ2n) is 6.83. The Hall–Kier alpha value is -2.11. The fraction of sp³-hybridized carbons (Fsp3) is 0.500. The van der Waals surface area contributed by atoms with Gasteiger partial charge in [0.2, 0.25) is 5.88 Å². The van der Waals surface area contributed by atoms with Crippen molar-refractivity contribution >= 4 is 0 Å². The summed E-state index contributed by atoms with van der Waals surface area (Å²) in [7, 11) is 0. The molecule has 0 amide bonds. The van der Waals surface area contributed by atoms with Crippen molar-refractivity contribution in [3.8, 4) is 11.6 Å². The van der Waals surface area contributed by atoms with Gasteiger partial charge < -0.3 is 19.3 Å². The largest absolute Gasteiger partial charge is 0.507 e. The highest BCUT2D eigenvalue weighted by Gasteiger charge is 2.17. The highest BCUT2D eigenvalue weighted by atomic mass is 16.6. The van der Waals surface area contributed by atoms with Gasteiger partial charge in [-0.25, -0.2) is 4.98 Å². The van der Waals surface area contributed by atoms with E-state index >= 15 is 0 Å². The van der Waals surface area contributed by atoms with Gasteiger partial charge in [0.15, 0.2) is 0 Å². The minimum atomic E-state index is -0.0807. The molecule has 3 rings (SSSR count). The topological polar surface area (TPSA) is 60.8 Å². The summed E-state index contributed by atoms with van der Waals surface area (Å²) in [5.41, 5.74) is 3.21. The Morgan fingerprint density at radius 3 is 2.70 bits per heavy atom. The predicted molar refractivity (Wildman–Crippen MR) is 104 cm³/mol. The molecular weight excluding hydrogens is 342 g/mol. The van der Waals surface area contributed by atoms with Gasteiger partial charge in [0.1, 0.15) is 18.5 Å². The van der Waals surface area contributed by atoms with Crippen molar-refractivity contribution in [2.45, 2.75) is 45.1 Å². The van der Waals surface area contributed by atoms with E-state index in [0.29, 0.717) is 32.3 Å². The Morgan fingerprint density at radius 1 is 1.15 bits per heavy atom. The zero-order chi connectivity index (χ0) is 18.9. The monoisotopic (exact) mass is 371 g/mol. The second kappa shape index (κ2) is 10.3. The van der Waals surface area contributed by atoms with E-state index < -0.39 is 0 Å². The summed E-state index contributed by atoms with van der Waals surface area (Å²) in [6, 6.07) is 12.1. The lowest BCUT2D eigenvalue weighted by atomic mass is 10.0. The standard InChI is InChI=1S/C22H29NO4/c1-2-19-20(11-7-6-10-17-8-4-3-5-9-17)23-22(14-21(19)24)27-16-18-15-25-12-13-26-18/h3-5,8-9,14,18H,2,6-7,10-13,15-16H2,1H3,(H,23,24)/t18-/m0/s1. The number of ether oxygens (including phenoxy) is 3. The number of unbranched alkanes of at least 4 members (excludes halogenated alkanes) is 1. The number of aromatic hydroxyl groups is 1. The maximum absolute atomic E-state index is 10.4. The Balaban J connectivity index is 1.56. The number of pyridine rings is 1. The number of aryl methyl sites for hydroxylation is 2.